The fraction of sp³-hybridized carbons (Fsp3) is 0.0526. The lowest BCUT2D eigenvalue weighted by atomic mass is 9.98. The molecular formula is C19H11ClF2N2O. The summed E-state index contributed by atoms with van der Waals surface area (Å²) in [5, 5.41) is 9.66. The maximum Gasteiger partial charge on any atom is 0.232 e. The molecule has 0 saturated carbocycles. The molecule has 3 rings (SSSR count). The Hall–Kier alpha value is -2.97. The van der Waals surface area contributed by atoms with Gasteiger partial charge < -0.3 is 4.74 Å². The Morgan fingerprint density at radius 3 is 2.44 bits per heavy atom. The lowest BCUT2D eigenvalue weighted by molar-refractivity contribution is 0.397. The second-order valence-corrected chi connectivity index (χ2v) is 5.56. The summed E-state index contributed by atoms with van der Waals surface area (Å²) >= 11 is 6.12. The molecule has 0 saturated heterocycles. The third-order valence-electron chi connectivity index (χ3n) is 3.67. The van der Waals surface area contributed by atoms with Gasteiger partial charge in [0.05, 0.1) is 23.4 Å². The predicted molar refractivity (Wildman–Crippen MR) is 91.3 cm³/mol. The van der Waals surface area contributed by atoms with Crippen LogP contribution in [0.5, 0.6) is 5.88 Å². The van der Waals surface area contributed by atoms with E-state index in [1.54, 1.807) is 12.1 Å². The number of nitrogens with zero attached hydrogens (tertiary/aromatic N) is 2. The minimum atomic E-state index is -0.545. The maximum atomic E-state index is 14.3. The normalized spacial score (nSPS) is 10.4. The molecule has 0 atom stereocenters. The highest BCUT2D eigenvalue weighted by Gasteiger charge is 2.19. The van der Waals surface area contributed by atoms with Gasteiger partial charge in [-0.25, -0.2) is 13.8 Å². The minimum Gasteiger partial charge on any atom is -0.480 e. The second kappa shape index (κ2) is 6.88. The van der Waals surface area contributed by atoms with Gasteiger partial charge in [-0.1, -0.05) is 29.8 Å². The van der Waals surface area contributed by atoms with E-state index in [1.807, 2.05) is 6.07 Å². The number of ether oxygens (including phenoxy) is 1. The minimum absolute atomic E-state index is 0.0404. The van der Waals surface area contributed by atoms with Gasteiger partial charge in [-0.2, -0.15) is 5.26 Å². The molecule has 3 nitrogen and oxygen atoms in total. The first kappa shape index (κ1) is 16.9. The zero-order valence-corrected chi connectivity index (χ0v) is 13.8. The highest BCUT2D eigenvalue weighted by molar-refractivity contribution is 6.33. The van der Waals surface area contributed by atoms with E-state index in [2.05, 4.69) is 4.98 Å². The van der Waals surface area contributed by atoms with Gasteiger partial charge in [-0.15, -0.1) is 0 Å². The van der Waals surface area contributed by atoms with Gasteiger partial charge in [0.25, 0.3) is 0 Å². The van der Waals surface area contributed by atoms with Crippen LogP contribution in [0.2, 0.25) is 5.02 Å². The summed E-state index contributed by atoms with van der Waals surface area (Å²) in [5.41, 5.74) is 1.52. The van der Waals surface area contributed by atoms with Crippen molar-refractivity contribution in [1.29, 1.82) is 5.26 Å². The number of methoxy groups -OCH3 is 1. The molecule has 0 aliphatic heterocycles. The number of hydrogen-bond acceptors (Lipinski definition) is 3. The maximum absolute atomic E-state index is 14.3. The summed E-state index contributed by atoms with van der Waals surface area (Å²) in [7, 11) is 1.37. The Balaban J connectivity index is 2.31. The summed E-state index contributed by atoms with van der Waals surface area (Å²) in [6, 6.07) is 13.5. The molecule has 0 amide bonds. The van der Waals surface area contributed by atoms with Crippen molar-refractivity contribution in [3.63, 3.8) is 0 Å². The smallest absolute Gasteiger partial charge is 0.232 e. The SMILES string of the molecule is COc1nc(-c2c(F)cccc2Cl)cc(-c2ccc(F)cc2)c1C#N. The Kier molecular flexibility index (Phi) is 4.64. The summed E-state index contributed by atoms with van der Waals surface area (Å²) in [4.78, 5) is 4.21. The van der Waals surface area contributed by atoms with E-state index >= 15 is 0 Å². The molecule has 1 heterocycles. The molecule has 6 heteroatoms. The van der Waals surface area contributed by atoms with Crippen molar-refractivity contribution in [3.8, 4) is 34.3 Å². The molecule has 1 aromatic heterocycles. The Morgan fingerprint density at radius 1 is 1.12 bits per heavy atom. The Morgan fingerprint density at radius 2 is 1.84 bits per heavy atom. The monoisotopic (exact) mass is 356 g/mol. The summed E-state index contributed by atoms with van der Waals surface area (Å²) in [6.07, 6.45) is 0. The van der Waals surface area contributed by atoms with Crippen LogP contribution in [0.15, 0.2) is 48.5 Å². The lowest BCUT2D eigenvalue weighted by Crippen LogP contribution is -1.99. The van der Waals surface area contributed by atoms with Crippen LogP contribution in [0, 0.1) is 23.0 Å². The molecular weight excluding hydrogens is 346 g/mol. The number of aromatic nitrogens is 1. The van der Waals surface area contributed by atoms with E-state index in [-0.39, 0.29) is 27.7 Å². The van der Waals surface area contributed by atoms with Crippen LogP contribution in [0.25, 0.3) is 22.4 Å². The molecule has 0 bridgehead atoms. The highest BCUT2D eigenvalue weighted by atomic mass is 35.5. The lowest BCUT2D eigenvalue weighted by Gasteiger charge is -2.13. The van der Waals surface area contributed by atoms with E-state index < -0.39 is 11.6 Å². The third kappa shape index (κ3) is 3.17. The fourth-order valence-electron chi connectivity index (χ4n) is 2.51. The van der Waals surface area contributed by atoms with Crippen molar-refractivity contribution < 1.29 is 13.5 Å². The van der Waals surface area contributed by atoms with Crippen LogP contribution in [0.4, 0.5) is 8.78 Å². The van der Waals surface area contributed by atoms with Gasteiger partial charge in [-0.3, -0.25) is 0 Å². The largest absolute Gasteiger partial charge is 0.480 e. The summed E-state index contributed by atoms with van der Waals surface area (Å²) in [6.45, 7) is 0. The molecule has 0 radical (unpaired) electrons. The van der Waals surface area contributed by atoms with E-state index in [4.69, 9.17) is 16.3 Å². The molecule has 0 aliphatic carbocycles. The average Bonchev–Trinajstić information content (AvgIpc) is 2.61. The molecule has 0 spiro atoms. The van der Waals surface area contributed by atoms with Gasteiger partial charge >= 0.3 is 0 Å². The molecule has 124 valence electrons. The zero-order chi connectivity index (χ0) is 18.0. The number of pyridine rings is 1. The molecule has 0 unspecified atom stereocenters. The average molecular weight is 357 g/mol. The van der Waals surface area contributed by atoms with Crippen LogP contribution in [-0.4, -0.2) is 12.1 Å². The van der Waals surface area contributed by atoms with Gasteiger partial charge in [0, 0.05) is 5.56 Å². The number of hydrogen-bond donors (Lipinski definition) is 0. The van der Waals surface area contributed by atoms with Crippen molar-refractivity contribution >= 4 is 11.6 Å². The molecule has 0 N–H and O–H groups in total. The number of rotatable bonds is 3. The summed E-state index contributed by atoms with van der Waals surface area (Å²) < 4.78 is 32.7. The highest BCUT2D eigenvalue weighted by Crippen LogP contribution is 2.36. The van der Waals surface area contributed by atoms with E-state index in [0.29, 0.717) is 11.1 Å². The number of nitriles is 1. The first-order valence-corrected chi connectivity index (χ1v) is 7.62. The molecule has 2 aromatic carbocycles. The van der Waals surface area contributed by atoms with Crippen LogP contribution in [-0.2, 0) is 0 Å². The zero-order valence-electron chi connectivity index (χ0n) is 13.1. The topological polar surface area (TPSA) is 45.9 Å². The van der Waals surface area contributed by atoms with Crippen LogP contribution in [0.3, 0.4) is 0 Å². The van der Waals surface area contributed by atoms with Crippen LogP contribution < -0.4 is 4.74 Å². The molecule has 0 fully saturated rings. The van der Waals surface area contributed by atoms with Gasteiger partial charge in [0.15, 0.2) is 0 Å². The van der Waals surface area contributed by atoms with Crippen molar-refractivity contribution in [2.45, 2.75) is 0 Å². The first-order valence-electron chi connectivity index (χ1n) is 7.24. The standard InChI is InChI=1S/C19H11ClF2N2O/c1-25-19-14(10-23)13(11-5-7-12(21)8-6-11)9-17(24-19)18-15(20)3-2-4-16(18)22/h2-9H,1H3. The summed E-state index contributed by atoms with van der Waals surface area (Å²) in [5.74, 6) is -0.906. The van der Waals surface area contributed by atoms with Gasteiger partial charge in [0.2, 0.25) is 5.88 Å². The quantitative estimate of drug-likeness (QED) is 0.645. The number of benzene rings is 2. The predicted octanol–water partition coefficient (Wildman–Crippen LogP) is 5.23. The van der Waals surface area contributed by atoms with Crippen molar-refractivity contribution in [2.24, 2.45) is 0 Å². The van der Waals surface area contributed by atoms with Crippen LogP contribution in [0.1, 0.15) is 5.56 Å². The number of halogens is 3. The molecule has 3 aromatic rings. The Bertz CT molecular complexity index is 962. The fourth-order valence-corrected chi connectivity index (χ4v) is 2.76. The van der Waals surface area contributed by atoms with E-state index in [9.17, 15) is 14.0 Å². The molecule has 25 heavy (non-hydrogen) atoms. The van der Waals surface area contributed by atoms with Gasteiger partial charge in [-0.05, 0) is 35.9 Å². The first-order chi connectivity index (χ1) is 12.0. The Labute approximate surface area is 148 Å². The van der Waals surface area contributed by atoms with Crippen molar-refractivity contribution in [2.75, 3.05) is 7.11 Å². The van der Waals surface area contributed by atoms with E-state index in [0.717, 1.165) is 0 Å². The third-order valence-corrected chi connectivity index (χ3v) is 3.98. The van der Waals surface area contributed by atoms with Crippen molar-refractivity contribution in [1.82, 2.24) is 4.98 Å². The molecule has 0 aliphatic rings. The second-order valence-electron chi connectivity index (χ2n) is 5.15. The van der Waals surface area contributed by atoms with Crippen LogP contribution >= 0.6 is 11.6 Å². The van der Waals surface area contributed by atoms with Gasteiger partial charge in [0.1, 0.15) is 23.3 Å². The van der Waals surface area contributed by atoms with E-state index in [1.165, 1.54) is 43.5 Å². The van der Waals surface area contributed by atoms with Crippen molar-refractivity contribution in [3.05, 3.63) is 70.8 Å².